The van der Waals surface area contributed by atoms with Crippen molar-refractivity contribution in [1.29, 1.82) is 0 Å². The van der Waals surface area contributed by atoms with E-state index >= 15 is 0 Å². The summed E-state index contributed by atoms with van der Waals surface area (Å²) in [5, 5.41) is 2.35. The molecule has 0 unspecified atom stereocenters. The Kier molecular flexibility index (Phi) is 2.89. The number of benzene rings is 1. The monoisotopic (exact) mass is 259 g/mol. The van der Waals surface area contributed by atoms with Crippen LogP contribution in [0.15, 0.2) is 18.2 Å². The number of aryl methyl sites for hydroxylation is 1. The molecule has 100 valence electrons. The van der Waals surface area contributed by atoms with Crippen LogP contribution in [0.4, 0.5) is 16.2 Å². The maximum atomic E-state index is 11.8. The van der Waals surface area contributed by atoms with Crippen molar-refractivity contribution in [1.82, 2.24) is 5.32 Å². The predicted octanol–water partition coefficient (Wildman–Crippen LogP) is 1.52. The van der Waals surface area contributed by atoms with Crippen molar-refractivity contribution in [3.8, 4) is 0 Å². The molecule has 19 heavy (non-hydrogen) atoms. The van der Waals surface area contributed by atoms with Gasteiger partial charge in [-0.3, -0.25) is 15.0 Å². The van der Waals surface area contributed by atoms with E-state index in [2.05, 4.69) is 23.3 Å². The van der Waals surface area contributed by atoms with Gasteiger partial charge >= 0.3 is 6.03 Å². The minimum Gasteiger partial charge on any atom is -0.374 e. The molecule has 0 aliphatic carbocycles. The highest BCUT2D eigenvalue weighted by Crippen LogP contribution is 2.31. The van der Waals surface area contributed by atoms with Gasteiger partial charge in [0.1, 0.15) is 0 Å². The lowest BCUT2D eigenvalue weighted by molar-refractivity contribution is -0.120. The van der Waals surface area contributed by atoms with Gasteiger partial charge in [-0.2, -0.15) is 0 Å². The first-order valence-corrected chi connectivity index (χ1v) is 6.60. The van der Waals surface area contributed by atoms with E-state index in [1.165, 1.54) is 17.7 Å². The third-order valence-corrected chi connectivity index (χ3v) is 3.79. The van der Waals surface area contributed by atoms with Crippen molar-refractivity contribution in [3.63, 3.8) is 0 Å². The second-order valence-electron chi connectivity index (χ2n) is 5.09. The standard InChI is InChI=1S/C14H17N3O2/c1-16-7-2-3-10-4-5-11(9-12(10)16)17-8-6-13(18)15-14(17)19/h4-5,9H,2-3,6-8H2,1H3,(H,15,18,19). The Morgan fingerprint density at radius 2 is 2.00 bits per heavy atom. The molecule has 0 bridgehead atoms. The topological polar surface area (TPSA) is 52.6 Å². The van der Waals surface area contributed by atoms with Crippen LogP contribution < -0.4 is 15.1 Å². The number of hydrogen-bond donors (Lipinski definition) is 1. The van der Waals surface area contributed by atoms with Gasteiger partial charge in [0.05, 0.1) is 0 Å². The molecule has 0 saturated carbocycles. The number of anilines is 2. The lowest BCUT2D eigenvalue weighted by Gasteiger charge is -2.31. The molecule has 1 aromatic carbocycles. The van der Waals surface area contributed by atoms with Gasteiger partial charge in [-0.25, -0.2) is 4.79 Å². The molecule has 0 aromatic heterocycles. The van der Waals surface area contributed by atoms with Crippen LogP contribution in [0, 0.1) is 0 Å². The maximum Gasteiger partial charge on any atom is 0.328 e. The lowest BCUT2D eigenvalue weighted by atomic mass is 10.0. The number of nitrogens with one attached hydrogen (secondary N) is 1. The molecular formula is C14H17N3O2. The van der Waals surface area contributed by atoms with Crippen molar-refractivity contribution in [2.24, 2.45) is 0 Å². The van der Waals surface area contributed by atoms with E-state index in [4.69, 9.17) is 0 Å². The summed E-state index contributed by atoms with van der Waals surface area (Å²) in [5.41, 5.74) is 3.37. The number of hydrogen-bond acceptors (Lipinski definition) is 3. The molecule has 1 fully saturated rings. The molecular weight excluding hydrogens is 242 g/mol. The van der Waals surface area contributed by atoms with Crippen molar-refractivity contribution in [2.45, 2.75) is 19.3 Å². The molecule has 1 N–H and O–H groups in total. The van der Waals surface area contributed by atoms with Crippen LogP contribution in [0.1, 0.15) is 18.4 Å². The molecule has 0 spiro atoms. The third-order valence-electron chi connectivity index (χ3n) is 3.79. The second kappa shape index (κ2) is 4.57. The predicted molar refractivity (Wildman–Crippen MR) is 73.5 cm³/mol. The molecule has 3 amide bonds. The van der Waals surface area contributed by atoms with Crippen molar-refractivity contribution >= 4 is 23.3 Å². The minimum atomic E-state index is -0.324. The Labute approximate surface area is 112 Å². The molecule has 1 saturated heterocycles. The summed E-state index contributed by atoms with van der Waals surface area (Å²) in [7, 11) is 2.07. The highest BCUT2D eigenvalue weighted by atomic mass is 16.2. The first-order valence-electron chi connectivity index (χ1n) is 6.60. The molecule has 1 aromatic rings. The summed E-state index contributed by atoms with van der Waals surface area (Å²) in [6.45, 7) is 1.49. The zero-order valence-corrected chi connectivity index (χ0v) is 11.0. The molecule has 2 aliphatic rings. The Morgan fingerprint density at radius 3 is 2.79 bits per heavy atom. The number of fused-ring (bicyclic) bond motifs is 1. The summed E-state index contributed by atoms with van der Waals surface area (Å²) in [6, 6.07) is 5.77. The number of carbonyl (C=O) groups is 2. The zero-order chi connectivity index (χ0) is 13.4. The average Bonchev–Trinajstić information content (AvgIpc) is 2.39. The summed E-state index contributed by atoms with van der Waals surface area (Å²) in [4.78, 5) is 26.9. The SMILES string of the molecule is CN1CCCc2ccc(N3CCC(=O)NC3=O)cc21. The van der Waals surface area contributed by atoms with Crippen molar-refractivity contribution in [2.75, 3.05) is 29.9 Å². The molecule has 5 nitrogen and oxygen atoms in total. The van der Waals surface area contributed by atoms with Gasteiger partial charge in [0.25, 0.3) is 0 Å². The summed E-state index contributed by atoms with van der Waals surface area (Å²) < 4.78 is 0. The highest BCUT2D eigenvalue weighted by molar-refractivity contribution is 6.05. The number of urea groups is 1. The average molecular weight is 259 g/mol. The van der Waals surface area contributed by atoms with Crippen LogP contribution in [-0.4, -0.2) is 32.1 Å². The van der Waals surface area contributed by atoms with Gasteiger partial charge < -0.3 is 4.90 Å². The molecule has 0 atom stereocenters. The minimum absolute atomic E-state index is 0.198. The van der Waals surface area contributed by atoms with Crippen LogP contribution in [-0.2, 0) is 11.2 Å². The number of rotatable bonds is 1. The molecule has 3 rings (SSSR count). The lowest BCUT2D eigenvalue weighted by Crippen LogP contribution is -2.49. The maximum absolute atomic E-state index is 11.8. The number of carbonyl (C=O) groups excluding carboxylic acids is 2. The number of imide groups is 1. The van der Waals surface area contributed by atoms with E-state index in [1.807, 2.05) is 12.1 Å². The van der Waals surface area contributed by atoms with Gasteiger partial charge in [0.2, 0.25) is 5.91 Å². The van der Waals surface area contributed by atoms with E-state index in [1.54, 1.807) is 4.90 Å². The van der Waals surface area contributed by atoms with E-state index in [9.17, 15) is 9.59 Å². The van der Waals surface area contributed by atoms with E-state index in [0.717, 1.165) is 18.7 Å². The first-order chi connectivity index (χ1) is 9.15. The van der Waals surface area contributed by atoms with E-state index in [0.29, 0.717) is 13.0 Å². The van der Waals surface area contributed by atoms with Gasteiger partial charge in [-0.1, -0.05) is 6.07 Å². The summed E-state index contributed by atoms with van der Waals surface area (Å²) in [5.74, 6) is -0.198. The normalized spacial score (nSPS) is 19.2. The quantitative estimate of drug-likeness (QED) is 0.832. The fraction of sp³-hybridized carbons (Fsp3) is 0.429. The summed E-state index contributed by atoms with van der Waals surface area (Å²) >= 11 is 0. The van der Waals surface area contributed by atoms with Crippen molar-refractivity contribution < 1.29 is 9.59 Å². The largest absolute Gasteiger partial charge is 0.374 e. The van der Waals surface area contributed by atoms with Gasteiger partial charge in [0, 0.05) is 37.9 Å². The van der Waals surface area contributed by atoms with E-state index < -0.39 is 0 Å². The fourth-order valence-corrected chi connectivity index (χ4v) is 2.72. The molecule has 2 heterocycles. The van der Waals surface area contributed by atoms with Gasteiger partial charge in [-0.05, 0) is 30.5 Å². The Bertz CT molecular complexity index is 541. The van der Waals surface area contributed by atoms with Crippen LogP contribution in [0.5, 0.6) is 0 Å². The van der Waals surface area contributed by atoms with Crippen LogP contribution in [0.25, 0.3) is 0 Å². The number of amides is 3. The van der Waals surface area contributed by atoms with Crippen LogP contribution in [0.2, 0.25) is 0 Å². The number of nitrogens with zero attached hydrogens (tertiary/aromatic N) is 2. The second-order valence-corrected chi connectivity index (χ2v) is 5.09. The Hall–Kier alpha value is -2.04. The van der Waals surface area contributed by atoms with Gasteiger partial charge in [0.15, 0.2) is 0 Å². The molecule has 5 heteroatoms. The molecule has 0 radical (unpaired) electrons. The smallest absolute Gasteiger partial charge is 0.328 e. The van der Waals surface area contributed by atoms with E-state index in [-0.39, 0.29) is 11.9 Å². The Morgan fingerprint density at radius 1 is 1.16 bits per heavy atom. The van der Waals surface area contributed by atoms with Crippen molar-refractivity contribution in [3.05, 3.63) is 23.8 Å². The first kappa shape index (κ1) is 12.0. The molecule has 2 aliphatic heterocycles. The van der Waals surface area contributed by atoms with Crippen LogP contribution >= 0.6 is 0 Å². The van der Waals surface area contributed by atoms with Gasteiger partial charge in [-0.15, -0.1) is 0 Å². The fourth-order valence-electron chi connectivity index (χ4n) is 2.72. The highest BCUT2D eigenvalue weighted by Gasteiger charge is 2.25. The third kappa shape index (κ3) is 2.16. The summed E-state index contributed by atoms with van der Waals surface area (Å²) in [6.07, 6.45) is 2.62. The van der Waals surface area contributed by atoms with Crippen LogP contribution in [0.3, 0.4) is 0 Å². The zero-order valence-electron chi connectivity index (χ0n) is 11.0. The Balaban J connectivity index is 1.91.